The van der Waals surface area contributed by atoms with Gasteiger partial charge in [0.1, 0.15) is 0 Å². The molecule has 0 saturated carbocycles. The highest BCUT2D eigenvalue weighted by molar-refractivity contribution is 5.74. The monoisotopic (exact) mass is 305 g/mol. The second-order valence-electron chi connectivity index (χ2n) is 4.78. The molecule has 0 saturated heterocycles. The first-order valence-corrected chi connectivity index (χ1v) is 6.95. The van der Waals surface area contributed by atoms with Gasteiger partial charge in [0.2, 0.25) is 0 Å². The van der Waals surface area contributed by atoms with E-state index in [0.717, 1.165) is 17.7 Å². The van der Waals surface area contributed by atoms with Crippen LogP contribution in [0.15, 0.2) is 42.7 Å². The number of aromatic nitrogens is 1. The first-order valence-electron chi connectivity index (χ1n) is 6.95. The van der Waals surface area contributed by atoms with Crippen molar-refractivity contribution < 1.29 is 13.6 Å². The van der Waals surface area contributed by atoms with Crippen molar-refractivity contribution in [2.75, 3.05) is 6.54 Å². The number of amides is 2. The fourth-order valence-electron chi connectivity index (χ4n) is 1.98. The quantitative estimate of drug-likeness (QED) is 0.922. The minimum atomic E-state index is -0.913. The zero-order chi connectivity index (χ0) is 15.9. The van der Waals surface area contributed by atoms with Gasteiger partial charge < -0.3 is 10.2 Å². The van der Waals surface area contributed by atoms with Crippen LogP contribution in [0, 0.1) is 11.6 Å². The third kappa shape index (κ3) is 4.25. The van der Waals surface area contributed by atoms with E-state index in [-0.39, 0.29) is 12.6 Å². The van der Waals surface area contributed by atoms with Gasteiger partial charge in [-0.3, -0.25) is 4.98 Å². The van der Waals surface area contributed by atoms with Crippen molar-refractivity contribution in [3.05, 3.63) is 65.5 Å². The van der Waals surface area contributed by atoms with Crippen LogP contribution in [0.25, 0.3) is 0 Å². The Balaban J connectivity index is 1.95. The summed E-state index contributed by atoms with van der Waals surface area (Å²) in [7, 11) is 0. The summed E-state index contributed by atoms with van der Waals surface area (Å²) in [4.78, 5) is 17.6. The summed E-state index contributed by atoms with van der Waals surface area (Å²) in [5.41, 5.74) is 1.43. The fourth-order valence-corrected chi connectivity index (χ4v) is 1.98. The zero-order valence-electron chi connectivity index (χ0n) is 12.2. The summed E-state index contributed by atoms with van der Waals surface area (Å²) < 4.78 is 26.1. The number of nitrogens with one attached hydrogen (secondary N) is 1. The average Bonchev–Trinajstić information content (AvgIpc) is 2.54. The minimum Gasteiger partial charge on any atom is -0.334 e. The van der Waals surface area contributed by atoms with Gasteiger partial charge >= 0.3 is 6.03 Å². The molecular weight excluding hydrogens is 288 g/mol. The lowest BCUT2D eigenvalue weighted by Gasteiger charge is -2.21. The highest BCUT2D eigenvalue weighted by Crippen LogP contribution is 2.11. The molecule has 0 radical (unpaired) electrons. The molecular formula is C16H17F2N3O. The number of rotatable bonds is 5. The normalized spacial score (nSPS) is 10.3. The van der Waals surface area contributed by atoms with E-state index >= 15 is 0 Å². The number of carbonyl (C=O) groups excluding carboxylic acids is 1. The Kier molecular flexibility index (Phi) is 5.41. The van der Waals surface area contributed by atoms with Crippen molar-refractivity contribution in [3.63, 3.8) is 0 Å². The Morgan fingerprint density at radius 2 is 2.05 bits per heavy atom. The van der Waals surface area contributed by atoms with Gasteiger partial charge in [0.25, 0.3) is 0 Å². The lowest BCUT2D eigenvalue weighted by Crippen LogP contribution is -2.39. The first-order chi connectivity index (χ1) is 10.6. The SMILES string of the molecule is CCN(Cc1ccc(F)c(F)c1)C(=O)NCc1cccnc1. The number of carbonyl (C=O) groups is 1. The summed E-state index contributed by atoms with van der Waals surface area (Å²) in [5.74, 6) is -1.81. The second-order valence-corrected chi connectivity index (χ2v) is 4.78. The number of urea groups is 1. The molecule has 2 rings (SSSR count). The molecule has 1 aromatic heterocycles. The van der Waals surface area contributed by atoms with E-state index in [1.165, 1.54) is 11.0 Å². The van der Waals surface area contributed by atoms with E-state index in [1.807, 2.05) is 13.0 Å². The Hall–Kier alpha value is -2.50. The molecule has 0 aliphatic carbocycles. The Bertz CT molecular complexity index is 635. The maximum absolute atomic E-state index is 13.2. The lowest BCUT2D eigenvalue weighted by molar-refractivity contribution is 0.197. The molecule has 0 spiro atoms. The van der Waals surface area contributed by atoms with Crippen LogP contribution in [0.1, 0.15) is 18.1 Å². The van der Waals surface area contributed by atoms with Crippen molar-refractivity contribution in [2.24, 2.45) is 0 Å². The summed E-state index contributed by atoms with van der Waals surface area (Å²) in [6.45, 7) is 2.86. The van der Waals surface area contributed by atoms with E-state index in [0.29, 0.717) is 18.7 Å². The third-order valence-corrected chi connectivity index (χ3v) is 3.19. The first kappa shape index (κ1) is 15.9. The van der Waals surface area contributed by atoms with Gasteiger partial charge in [-0.1, -0.05) is 12.1 Å². The molecule has 1 N–H and O–H groups in total. The summed E-state index contributed by atoms with van der Waals surface area (Å²) in [6, 6.07) is 7.02. The molecule has 0 aliphatic heterocycles. The molecule has 4 nitrogen and oxygen atoms in total. The number of hydrogen-bond donors (Lipinski definition) is 1. The largest absolute Gasteiger partial charge is 0.334 e. The number of benzene rings is 1. The van der Waals surface area contributed by atoms with Gasteiger partial charge in [0.05, 0.1) is 0 Å². The topological polar surface area (TPSA) is 45.2 Å². The van der Waals surface area contributed by atoms with Crippen molar-refractivity contribution in [3.8, 4) is 0 Å². The van der Waals surface area contributed by atoms with Crippen LogP contribution >= 0.6 is 0 Å². The van der Waals surface area contributed by atoms with Crippen LogP contribution in [0.4, 0.5) is 13.6 Å². The molecule has 0 bridgehead atoms. The van der Waals surface area contributed by atoms with Crippen LogP contribution in [0.5, 0.6) is 0 Å². The van der Waals surface area contributed by atoms with Crippen molar-refractivity contribution in [1.82, 2.24) is 15.2 Å². The van der Waals surface area contributed by atoms with E-state index in [1.54, 1.807) is 18.5 Å². The van der Waals surface area contributed by atoms with Crippen LogP contribution in [-0.2, 0) is 13.1 Å². The summed E-state index contributed by atoms with van der Waals surface area (Å²) in [6.07, 6.45) is 3.33. The van der Waals surface area contributed by atoms with E-state index in [9.17, 15) is 13.6 Å². The Morgan fingerprint density at radius 1 is 1.23 bits per heavy atom. The van der Waals surface area contributed by atoms with Crippen molar-refractivity contribution >= 4 is 6.03 Å². The third-order valence-electron chi connectivity index (χ3n) is 3.19. The highest BCUT2D eigenvalue weighted by atomic mass is 19.2. The summed E-state index contributed by atoms with van der Waals surface area (Å²) >= 11 is 0. The molecule has 1 heterocycles. The molecule has 2 amide bonds. The van der Waals surface area contributed by atoms with E-state index in [4.69, 9.17) is 0 Å². The fraction of sp³-hybridized carbons (Fsp3) is 0.250. The standard InChI is InChI=1S/C16H17F2N3O/c1-2-21(11-12-5-6-14(17)15(18)8-12)16(22)20-10-13-4-3-7-19-9-13/h3-9H,2,10-11H2,1H3,(H,20,22). The average molecular weight is 305 g/mol. The second kappa shape index (κ2) is 7.49. The molecule has 0 unspecified atom stereocenters. The zero-order valence-corrected chi connectivity index (χ0v) is 12.2. The van der Waals surface area contributed by atoms with Crippen LogP contribution in [0.2, 0.25) is 0 Å². The molecule has 0 fully saturated rings. The number of nitrogens with zero attached hydrogens (tertiary/aromatic N) is 2. The molecule has 1 aromatic carbocycles. The van der Waals surface area contributed by atoms with Gasteiger partial charge in [-0.05, 0) is 36.2 Å². The van der Waals surface area contributed by atoms with Crippen LogP contribution < -0.4 is 5.32 Å². The predicted molar refractivity (Wildman–Crippen MR) is 78.9 cm³/mol. The summed E-state index contributed by atoms with van der Waals surface area (Å²) in [5, 5.41) is 2.78. The molecule has 22 heavy (non-hydrogen) atoms. The number of pyridine rings is 1. The lowest BCUT2D eigenvalue weighted by atomic mass is 10.2. The molecule has 116 valence electrons. The number of halogens is 2. The maximum atomic E-state index is 13.2. The van der Waals surface area contributed by atoms with Gasteiger partial charge in [-0.2, -0.15) is 0 Å². The van der Waals surface area contributed by atoms with E-state index < -0.39 is 11.6 Å². The predicted octanol–water partition coefficient (Wildman–Crippen LogP) is 3.09. The molecule has 0 atom stereocenters. The molecule has 2 aromatic rings. The number of hydrogen-bond acceptors (Lipinski definition) is 2. The smallest absolute Gasteiger partial charge is 0.317 e. The van der Waals surface area contributed by atoms with Gasteiger partial charge in [-0.15, -0.1) is 0 Å². The van der Waals surface area contributed by atoms with Crippen molar-refractivity contribution in [1.29, 1.82) is 0 Å². The van der Waals surface area contributed by atoms with Gasteiger partial charge in [-0.25, -0.2) is 13.6 Å². The van der Waals surface area contributed by atoms with E-state index in [2.05, 4.69) is 10.3 Å². The van der Waals surface area contributed by atoms with Crippen molar-refractivity contribution in [2.45, 2.75) is 20.0 Å². The highest BCUT2D eigenvalue weighted by Gasteiger charge is 2.13. The van der Waals surface area contributed by atoms with Gasteiger partial charge in [0.15, 0.2) is 11.6 Å². The maximum Gasteiger partial charge on any atom is 0.317 e. The minimum absolute atomic E-state index is 0.215. The molecule has 6 heteroatoms. The molecule has 0 aliphatic rings. The van der Waals surface area contributed by atoms with Crippen LogP contribution in [-0.4, -0.2) is 22.5 Å². The van der Waals surface area contributed by atoms with Crippen LogP contribution in [0.3, 0.4) is 0 Å². The van der Waals surface area contributed by atoms with Gasteiger partial charge in [0, 0.05) is 32.0 Å². The Morgan fingerprint density at radius 3 is 2.68 bits per heavy atom. The Labute approximate surface area is 127 Å².